The summed E-state index contributed by atoms with van der Waals surface area (Å²) in [5.41, 5.74) is 14.1. The van der Waals surface area contributed by atoms with Gasteiger partial charge >= 0.3 is 0 Å². The van der Waals surface area contributed by atoms with Crippen LogP contribution in [0.1, 0.15) is 83.2 Å². The summed E-state index contributed by atoms with van der Waals surface area (Å²) in [5, 5.41) is 3.63. The molecule has 2 aliphatic heterocycles. The van der Waals surface area contributed by atoms with Crippen molar-refractivity contribution in [2.75, 3.05) is 7.05 Å². The summed E-state index contributed by atoms with van der Waals surface area (Å²) < 4.78 is 29.6. The summed E-state index contributed by atoms with van der Waals surface area (Å²) in [4.78, 5) is 31.8. The molecule has 40 heavy (non-hydrogen) atoms. The van der Waals surface area contributed by atoms with Gasteiger partial charge in [0.25, 0.3) is 5.91 Å². The van der Waals surface area contributed by atoms with Gasteiger partial charge in [0.2, 0.25) is 5.92 Å². The first-order valence-electron chi connectivity index (χ1n) is 13.5. The number of hydrogen-bond acceptors (Lipinski definition) is 5. The van der Waals surface area contributed by atoms with E-state index in [9.17, 15) is 13.6 Å². The van der Waals surface area contributed by atoms with Crippen LogP contribution in [0.3, 0.4) is 0 Å². The maximum absolute atomic E-state index is 13.7. The van der Waals surface area contributed by atoms with Gasteiger partial charge in [-0.05, 0) is 59.2 Å². The van der Waals surface area contributed by atoms with Gasteiger partial charge in [-0.25, -0.2) is 23.7 Å². The number of rotatable bonds is 4. The largest absolute Gasteiger partial charge is 0.331 e. The van der Waals surface area contributed by atoms with E-state index in [4.69, 9.17) is 10.5 Å². The third-order valence-electron chi connectivity index (χ3n) is 9.02. The highest BCUT2D eigenvalue weighted by atomic mass is 19.3. The lowest BCUT2D eigenvalue weighted by Crippen LogP contribution is -2.48. The van der Waals surface area contributed by atoms with Gasteiger partial charge in [0, 0.05) is 54.7 Å². The molecule has 8 rings (SSSR count). The van der Waals surface area contributed by atoms with Crippen molar-refractivity contribution < 1.29 is 13.6 Å². The molecule has 0 N–H and O–H groups in total. The van der Waals surface area contributed by atoms with Gasteiger partial charge in [0.05, 0.1) is 23.1 Å². The predicted octanol–water partition coefficient (Wildman–Crippen LogP) is 6.43. The minimum atomic E-state index is -2.89. The molecule has 2 atom stereocenters. The quantitative estimate of drug-likeness (QED) is 0.169. The number of amides is 1. The second kappa shape index (κ2) is 7.85. The predicted molar refractivity (Wildman–Crippen MR) is 142 cm³/mol. The normalized spacial score (nSPS) is 23.7. The van der Waals surface area contributed by atoms with Crippen LogP contribution >= 0.6 is 0 Å². The number of hydrogen-bond donors (Lipinski definition) is 0. The molecule has 2 bridgehead atoms. The summed E-state index contributed by atoms with van der Waals surface area (Å²) in [6, 6.07) is 12.0. The number of alkyl halides is 2. The fourth-order valence-corrected chi connectivity index (χ4v) is 6.96. The third-order valence-corrected chi connectivity index (χ3v) is 9.02. The van der Waals surface area contributed by atoms with Crippen LogP contribution in [-0.2, 0) is 5.54 Å². The Bertz CT molecular complexity index is 1780. The molecule has 4 aromatic rings. The molecule has 0 saturated heterocycles. The molecule has 0 radical (unpaired) electrons. The molecule has 2 aromatic carbocycles. The molecular formula is C29H24F2N8O. The summed E-state index contributed by atoms with van der Waals surface area (Å²) in [6.45, 7) is 0. The fourth-order valence-electron chi connectivity index (χ4n) is 6.96. The van der Waals surface area contributed by atoms with Crippen molar-refractivity contribution in [2.24, 2.45) is 5.11 Å². The minimum absolute atomic E-state index is 0.00330. The van der Waals surface area contributed by atoms with Crippen molar-refractivity contribution in [3.05, 3.63) is 87.6 Å². The molecule has 0 spiro atoms. The Kier molecular flexibility index (Phi) is 4.61. The van der Waals surface area contributed by atoms with E-state index in [1.54, 1.807) is 12.4 Å². The van der Waals surface area contributed by atoms with Crippen LogP contribution in [0.4, 0.5) is 8.78 Å². The van der Waals surface area contributed by atoms with E-state index in [1.165, 1.54) is 5.56 Å². The van der Waals surface area contributed by atoms with Gasteiger partial charge in [0.1, 0.15) is 17.2 Å². The van der Waals surface area contributed by atoms with E-state index >= 15 is 0 Å². The monoisotopic (exact) mass is 538 g/mol. The van der Waals surface area contributed by atoms with E-state index < -0.39 is 24.3 Å². The van der Waals surface area contributed by atoms with Gasteiger partial charge in [-0.2, -0.15) is 0 Å². The molecule has 9 nitrogen and oxygen atoms in total. The summed E-state index contributed by atoms with van der Waals surface area (Å²) in [7, 11) is 1.86. The van der Waals surface area contributed by atoms with Crippen LogP contribution in [0.25, 0.3) is 32.6 Å². The van der Waals surface area contributed by atoms with Crippen LogP contribution in [-0.4, -0.2) is 43.3 Å². The van der Waals surface area contributed by atoms with Crippen molar-refractivity contribution >= 4 is 16.9 Å². The lowest BCUT2D eigenvalue weighted by molar-refractivity contribution is -0.127. The lowest BCUT2D eigenvalue weighted by atomic mass is 9.73. The molecule has 2 fully saturated rings. The van der Waals surface area contributed by atoms with Crippen LogP contribution in [0.5, 0.6) is 0 Å². The Morgan fingerprint density at radius 2 is 1.85 bits per heavy atom. The van der Waals surface area contributed by atoms with E-state index in [1.807, 2.05) is 36.2 Å². The van der Waals surface area contributed by atoms with Gasteiger partial charge in [-0.15, -0.1) is 0 Å². The Morgan fingerprint density at radius 1 is 1.07 bits per heavy atom. The standard InChI is InChI=1S/C29H24F2N8O/c1-38-23-10-22(24-18(15-5-6-15)3-2-4-19(24)26(38)40)39-21-9-16(7-8-20(21)35-25(23)39)17-11-33-27(34-12-17)28(36-37-32)13-29(30,31)14-28/h2-4,7-9,11-12,15,22-23H,5-6,10,13-14H2,1H3/t22-,23-/m1/s1. The first kappa shape index (κ1) is 23.5. The smallest absolute Gasteiger partial charge is 0.254 e. The number of imidazole rings is 1. The molecule has 4 aliphatic rings. The zero-order valence-corrected chi connectivity index (χ0v) is 21.6. The first-order chi connectivity index (χ1) is 19.3. The Hall–Kier alpha value is -4.37. The molecule has 200 valence electrons. The van der Waals surface area contributed by atoms with E-state index in [0.29, 0.717) is 11.5 Å². The van der Waals surface area contributed by atoms with Crippen LogP contribution < -0.4 is 0 Å². The topological polar surface area (TPSA) is 113 Å². The maximum atomic E-state index is 13.7. The Labute approximate surface area is 227 Å². The Balaban J connectivity index is 1.23. The zero-order chi connectivity index (χ0) is 27.4. The molecule has 2 saturated carbocycles. The number of nitrogens with zero attached hydrogens (tertiary/aromatic N) is 8. The zero-order valence-electron chi connectivity index (χ0n) is 21.6. The van der Waals surface area contributed by atoms with Gasteiger partial charge < -0.3 is 9.47 Å². The number of fused-ring (bicyclic) bond motifs is 9. The second-order valence-electron chi connectivity index (χ2n) is 11.5. The number of benzene rings is 2. The number of carbonyl (C=O) groups is 1. The fraction of sp³-hybridized carbons (Fsp3) is 0.379. The molecule has 2 aromatic heterocycles. The van der Waals surface area contributed by atoms with Crippen LogP contribution in [0.15, 0.2) is 53.9 Å². The summed E-state index contributed by atoms with van der Waals surface area (Å²) in [5.74, 6) is -1.36. The second-order valence-corrected chi connectivity index (χ2v) is 11.5. The van der Waals surface area contributed by atoms with Gasteiger partial charge in [-0.3, -0.25) is 4.79 Å². The van der Waals surface area contributed by atoms with E-state index in [-0.39, 0.29) is 23.8 Å². The van der Waals surface area contributed by atoms with E-state index in [0.717, 1.165) is 52.8 Å². The van der Waals surface area contributed by atoms with Gasteiger partial charge in [0.15, 0.2) is 0 Å². The minimum Gasteiger partial charge on any atom is -0.331 e. The van der Waals surface area contributed by atoms with E-state index in [2.05, 4.69) is 36.7 Å². The van der Waals surface area contributed by atoms with Crippen LogP contribution in [0, 0.1) is 0 Å². The molecule has 4 heterocycles. The van der Waals surface area contributed by atoms with Crippen molar-refractivity contribution in [3.63, 3.8) is 0 Å². The lowest BCUT2D eigenvalue weighted by Gasteiger charge is -2.42. The maximum Gasteiger partial charge on any atom is 0.254 e. The first-order valence-corrected chi connectivity index (χ1v) is 13.5. The molecule has 2 aliphatic carbocycles. The van der Waals surface area contributed by atoms with Crippen molar-refractivity contribution in [1.29, 1.82) is 0 Å². The molecule has 0 unspecified atom stereocenters. The van der Waals surface area contributed by atoms with Crippen molar-refractivity contribution in [1.82, 2.24) is 24.4 Å². The van der Waals surface area contributed by atoms with Crippen molar-refractivity contribution in [3.8, 4) is 11.1 Å². The molecule has 1 amide bonds. The average molecular weight is 539 g/mol. The van der Waals surface area contributed by atoms with Gasteiger partial charge in [-0.1, -0.05) is 23.3 Å². The van der Waals surface area contributed by atoms with Crippen molar-refractivity contribution in [2.45, 2.75) is 61.6 Å². The SMILES string of the molecule is CN1C(=O)c2cccc(C3CC3)c2[C@H]2C[C@@H]1c1nc3ccc(-c4cnc(C5(N=[N+]=[N-])CC(F)(F)C5)nc4)cc3n12. The summed E-state index contributed by atoms with van der Waals surface area (Å²) in [6.07, 6.45) is 5.06. The Morgan fingerprint density at radius 3 is 2.55 bits per heavy atom. The summed E-state index contributed by atoms with van der Waals surface area (Å²) >= 11 is 0. The number of aromatic nitrogens is 4. The number of azide groups is 1. The average Bonchev–Trinajstić information content (AvgIpc) is 3.64. The molecule has 11 heteroatoms. The highest BCUT2D eigenvalue weighted by Crippen LogP contribution is 2.54. The molecular weight excluding hydrogens is 514 g/mol. The highest BCUT2D eigenvalue weighted by Gasteiger charge is 2.59. The number of carbonyl (C=O) groups excluding carboxylic acids is 1. The van der Waals surface area contributed by atoms with Crippen LogP contribution in [0.2, 0.25) is 0 Å². The highest BCUT2D eigenvalue weighted by molar-refractivity contribution is 5.97. The third kappa shape index (κ3) is 3.21. The number of halogens is 2.